The Bertz CT molecular complexity index is 779. The van der Waals surface area contributed by atoms with Gasteiger partial charge in [-0.25, -0.2) is 4.79 Å². The van der Waals surface area contributed by atoms with E-state index in [0.29, 0.717) is 21.5 Å². The molecule has 2 aromatic rings. The van der Waals surface area contributed by atoms with Gasteiger partial charge in [0.1, 0.15) is 5.75 Å². The van der Waals surface area contributed by atoms with E-state index in [9.17, 15) is 9.59 Å². The van der Waals surface area contributed by atoms with Crippen LogP contribution in [0, 0.1) is 6.92 Å². The van der Waals surface area contributed by atoms with Gasteiger partial charge in [-0.1, -0.05) is 41.4 Å². The average molecular weight is 382 g/mol. The monoisotopic (exact) mass is 381 g/mol. The van der Waals surface area contributed by atoms with Crippen LogP contribution in [0.5, 0.6) is 5.75 Å². The Kier molecular flexibility index (Phi) is 6.67. The molecule has 0 heterocycles. The fraction of sp³-hybridized carbons (Fsp3) is 0.222. The number of para-hydroxylation sites is 1. The van der Waals surface area contributed by atoms with Gasteiger partial charge in [0.15, 0.2) is 12.7 Å². The Morgan fingerprint density at radius 3 is 2.56 bits per heavy atom. The van der Waals surface area contributed by atoms with Gasteiger partial charge in [-0.3, -0.25) is 4.79 Å². The van der Waals surface area contributed by atoms with Gasteiger partial charge >= 0.3 is 5.97 Å². The first kappa shape index (κ1) is 19.1. The second-order valence-corrected chi connectivity index (χ2v) is 6.14. The number of amides is 1. The highest BCUT2D eigenvalue weighted by Gasteiger charge is 2.19. The zero-order valence-corrected chi connectivity index (χ0v) is 15.2. The minimum atomic E-state index is -1.00. The van der Waals surface area contributed by atoms with Crippen molar-refractivity contribution >= 4 is 40.8 Å². The molecule has 0 spiro atoms. The van der Waals surface area contributed by atoms with Gasteiger partial charge in [-0.2, -0.15) is 0 Å². The standard InChI is InChI=1S/C18H17Cl2NO4/c1-11-5-3-4-6-16(11)24-10-17(22)25-12(2)18(23)21-15-8-7-13(19)9-14(15)20/h3-9,12H,10H2,1-2H3,(H,21,23)/t12-/m0/s1. The highest BCUT2D eigenvalue weighted by molar-refractivity contribution is 6.36. The third-order valence-corrected chi connectivity index (χ3v) is 3.85. The highest BCUT2D eigenvalue weighted by Crippen LogP contribution is 2.25. The molecule has 0 aliphatic heterocycles. The molecular formula is C18H17Cl2NO4. The van der Waals surface area contributed by atoms with E-state index in [4.69, 9.17) is 32.7 Å². The summed E-state index contributed by atoms with van der Waals surface area (Å²) in [6, 6.07) is 12.0. The summed E-state index contributed by atoms with van der Waals surface area (Å²) in [5.74, 6) is -0.564. The summed E-state index contributed by atoms with van der Waals surface area (Å²) in [6.45, 7) is 3.04. The van der Waals surface area contributed by atoms with Crippen molar-refractivity contribution in [3.05, 3.63) is 58.1 Å². The molecule has 0 unspecified atom stereocenters. The van der Waals surface area contributed by atoms with Crippen LogP contribution >= 0.6 is 23.2 Å². The molecule has 0 bridgehead atoms. The molecule has 0 aliphatic carbocycles. The fourth-order valence-electron chi connectivity index (χ4n) is 1.96. The number of anilines is 1. The second kappa shape index (κ2) is 8.74. The summed E-state index contributed by atoms with van der Waals surface area (Å²) in [5, 5.41) is 3.33. The number of halogens is 2. The van der Waals surface area contributed by atoms with Crippen molar-refractivity contribution in [1.82, 2.24) is 0 Å². The van der Waals surface area contributed by atoms with E-state index >= 15 is 0 Å². The number of benzene rings is 2. The molecule has 1 atom stereocenters. The molecule has 0 radical (unpaired) electrons. The SMILES string of the molecule is Cc1ccccc1OCC(=O)O[C@@H](C)C(=O)Nc1ccc(Cl)cc1Cl. The molecule has 2 rings (SSSR count). The summed E-state index contributed by atoms with van der Waals surface area (Å²) >= 11 is 11.8. The van der Waals surface area contributed by atoms with Crippen molar-refractivity contribution in [2.45, 2.75) is 20.0 Å². The Hall–Kier alpha value is -2.24. The van der Waals surface area contributed by atoms with Gasteiger partial charge in [-0.05, 0) is 43.7 Å². The first-order valence-electron chi connectivity index (χ1n) is 7.50. The van der Waals surface area contributed by atoms with Crippen molar-refractivity contribution in [1.29, 1.82) is 0 Å². The molecule has 7 heteroatoms. The Labute approximate surface area is 155 Å². The zero-order valence-electron chi connectivity index (χ0n) is 13.7. The van der Waals surface area contributed by atoms with Crippen LogP contribution in [0.25, 0.3) is 0 Å². The largest absolute Gasteiger partial charge is 0.482 e. The van der Waals surface area contributed by atoms with Gasteiger partial charge in [0, 0.05) is 5.02 Å². The Morgan fingerprint density at radius 1 is 1.16 bits per heavy atom. The van der Waals surface area contributed by atoms with Gasteiger partial charge in [-0.15, -0.1) is 0 Å². The topological polar surface area (TPSA) is 64.6 Å². The van der Waals surface area contributed by atoms with Crippen LogP contribution in [0.4, 0.5) is 5.69 Å². The minimum absolute atomic E-state index is 0.288. The Balaban J connectivity index is 1.85. The van der Waals surface area contributed by atoms with Crippen LogP contribution < -0.4 is 10.1 Å². The molecule has 0 saturated carbocycles. The van der Waals surface area contributed by atoms with E-state index in [-0.39, 0.29) is 6.61 Å². The predicted molar refractivity (Wildman–Crippen MR) is 97.3 cm³/mol. The zero-order chi connectivity index (χ0) is 18.4. The number of nitrogens with one attached hydrogen (secondary N) is 1. The highest BCUT2D eigenvalue weighted by atomic mass is 35.5. The molecule has 0 aliphatic rings. The summed E-state index contributed by atoms with van der Waals surface area (Å²) in [7, 11) is 0. The normalized spacial score (nSPS) is 11.5. The second-order valence-electron chi connectivity index (χ2n) is 5.30. The minimum Gasteiger partial charge on any atom is -0.482 e. The van der Waals surface area contributed by atoms with Crippen molar-refractivity contribution < 1.29 is 19.1 Å². The van der Waals surface area contributed by atoms with Crippen LogP contribution in [0.2, 0.25) is 10.0 Å². The van der Waals surface area contributed by atoms with Crippen molar-refractivity contribution in [2.24, 2.45) is 0 Å². The van der Waals surface area contributed by atoms with Crippen molar-refractivity contribution in [3.8, 4) is 5.75 Å². The number of carbonyl (C=O) groups excluding carboxylic acids is 2. The van der Waals surface area contributed by atoms with Gasteiger partial charge in [0.25, 0.3) is 5.91 Å². The number of ether oxygens (including phenoxy) is 2. The lowest BCUT2D eigenvalue weighted by Crippen LogP contribution is -2.31. The third-order valence-electron chi connectivity index (χ3n) is 3.31. The molecule has 1 amide bonds. The van der Waals surface area contributed by atoms with E-state index in [0.717, 1.165) is 5.56 Å². The lowest BCUT2D eigenvalue weighted by Gasteiger charge is -2.15. The number of esters is 1. The third kappa shape index (κ3) is 5.66. The summed E-state index contributed by atoms with van der Waals surface area (Å²) in [5.41, 5.74) is 1.29. The molecule has 132 valence electrons. The first-order valence-corrected chi connectivity index (χ1v) is 8.26. The smallest absolute Gasteiger partial charge is 0.344 e. The van der Waals surface area contributed by atoms with Gasteiger partial charge in [0.05, 0.1) is 10.7 Å². The number of aryl methyl sites for hydroxylation is 1. The molecule has 5 nitrogen and oxygen atoms in total. The molecule has 0 aromatic heterocycles. The van der Waals surface area contributed by atoms with Crippen LogP contribution in [-0.2, 0) is 14.3 Å². The molecule has 0 saturated heterocycles. The van der Waals surface area contributed by atoms with Crippen LogP contribution in [0.3, 0.4) is 0 Å². The maximum absolute atomic E-state index is 12.1. The van der Waals surface area contributed by atoms with Crippen LogP contribution in [0.1, 0.15) is 12.5 Å². The lowest BCUT2D eigenvalue weighted by molar-refractivity contribution is -0.155. The van der Waals surface area contributed by atoms with E-state index in [1.807, 2.05) is 19.1 Å². The predicted octanol–water partition coefficient (Wildman–Crippen LogP) is 4.25. The molecular weight excluding hydrogens is 365 g/mol. The average Bonchev–Trinajstić information content (AvgIpc) is 2.56. The fourth-order valence-corrected chi connectivity index (χ4v) is 2.42. The molecule has 0 fully saturated rings. The molecule has 25 heavy (non-hydrogen) atoms. The van der Waals surface area contributed by atoms with E-state index in [2.05, 4.69) is 5.32 Å². The van der Waals surface area contributed by atoms with E-state index < -0.39 is 18.0 Å². The molecule has 2 aromatic carbocycles. The van der Waals surface area contributed by atoms with Gasteiger partial charge in [0.2, 0.25) is 0 Å². The van der Waals surface area contributed by atoms with E-state index in [1.54, 1.807) is 24.3 Å². The maximum Gasteiger partial charge on any atom is 0.344 e. The quantitative estimate of drug-likeness (QED) is 0.759. The lowest BCUT2D eigenvalue weighted by atomic mass is 10.2. The maximum atomic E-state index is 12.1. The summed E-state index contributed by atoms with van der Waals surface area (Å²) in [6.07, 6.45) is -1.00. The number of hydrogen-bond donors (Lipinski definition) is 1. The van der Waals surface area contributed by atoms with E-state index in [1.165, 1.54) is 13.0 Å². The van der Waals surface area contributed by atoms with Crippen molar-refractivity contribution in [3.63, 3.8) is 0 Å². The Morgan fingerprint density at radius 2 is 1.88 bits per heavy atom. The number of hydrogen-bond acceptors (Lipinski definition) is 4. The van der Waals surface area contributed by atoms with Gasteiger partial charge < -0.3 is 14.8 Å². The first-order chi connectivity index (χ1) is 11.9. The number of rotatable bonds is 6. The molecule has 1 N–H and O–H groups in total. The van der Waals surface area contributed by atoms with Crippen LogP contribution in [0.15, 0.2) is 42.5 Å². The van der Waals surface area contributed by atoms with Crippen LogP contribution in [-0.4, -0.2) is 24.6 Å². The van der Waals surface area contributed by atoms with Crippen molar-refractivity contribution in [2.75, 3.05) is 11.9 Å². The number of carbonyl (C=O) groups is 2. The summed E-state index contributed by atoms with van der Waals surface area (Å²) in [4.78, 5) is 23.9. The summed E-state index contributed by atoms with van der Waals surface area (Å²) < 4.78 is 10.5.